The highest BCUT2D eigenvalue weighted by molar-refractivity contribution is 5.91. The third-order valence-electron chi connectivity index (χ3n) is 5.91. The van der Waals surface area contributed by atoms with Gasteiger partial charge in [-0.2, -0.15) is 0 Å². The largest absolute Gasteiger partial charge is 0.333 e. The minimum atomic E-state index is -0.563. The number of anilines is 1. The van der Waals surface area contributed by atoms with Crippen LogP contribution < -0.4 is 16.6 Å². The van der Waals surface area contributed by atoms with Gasteiger partial charge in [-0.1, -0.05) is 56.3 Å². The number of aryl methyl sites for hydroxylation is 1. The third kappa shape index (κ3) is 4.57. The highest BCUT2D eigenvalue weighted by Crippen LogP contribution is 2.18. The summed E-state index contributed by atoms with van der Waals surface area (Å²) in [4.78, 5) is 44.2. The molecule has 0 fully saturated rings. The highest BCUT2D eigenvalue weighted by atomic mass is 16.2. The first-order chi connectivity index (χ1) is 16.3. The molecule has 176 valence electrons. The molecule has 34 heavy (non-hydrogen) atoms. The molecule has 0 saturated carbocycles. The maximum absolute atomic E-state index is 13.4. The second kappa shape index (κ2) is 9.51. The molecule has 2 heterocycles. The normalized spacial score (nSPS) is 11.3. The number of imidazole rings is 1. The van der Waals surface area contributed by atoms with Gasteiger partial charge in [0.15, 0.2) is 11.2 Å². The van der Waals surface area contributed by atoms with Crippen molar-refractivity contribution in [3.05, 3.63) is 92.4 Å². The average Bonchev–Trinajstić information content (AvgIpc) is 3.21. The Bertz CT molecular complexity index is 1460. The minimum Gasteiger partial charge on any atom is -0.324 e. The number of nitrogens with one attached hydrogen (secondary N) is 1. The average molecular weight is 460 g/mol. The third-order valence-corrected chi connectivity index (χ3v) is 5.91. The molecule has 1 amide bonds. The summed E-state index contributed by atoms with van der Waals surface area (Å²) in [5.74, 6) is -0.166. The number of nitrogens with zero attached hydrogens (tertiary/aromatic N) is 4. The molecule has 0 radical (unpaired) electrons. The molecule has 8 nitrogen and oxygen atoms in total. The van der Waals surface area contributed by atoms with Crippen molar-refractivity contribution in [3.63, 3.8) is 0 Å². The van der Waals surface area contributed by atoms with Gasteiger partial charge in [-0.3, -0.25) is 14.2 Å². The molecule has 0 spiro atoms. The topological polar surface area (TPSA) is 90.9 Å². The lowest BCUT2D eigenvalue weighted by atomic mass is 10.1. The number of fused-ring (bicyclic) bond motifs is 1. The van der Waals surface area contributed by atoms with Gasteiger partial charge in [-0.05, 0) is 42.5 Å². The second-order valence-electron chi connectivity index (χ2n) is 9.00. The maximum Gasteiger partial charge on any atom is 0.333 e. The fourth-order valence-electron chi connectivity index (χ4n) is 4.04. The van der Waals surface area contributed by atoms with E-state index < -0.39 is 17.2 Å². The molecule has 1 N–H and O–H groups in total. The summed E-state index contributed by atoms with van der Waals surface area (Å²) in [6.45, 7) is 8.40. The van der Waals surface area contributed by atoms with Crippen LogP contribution >= 0.6 is 0 Å². The van der Waals surface area contributed by atoms with Crippen LogP contribution in [0.3, 0.4) is 0 Å². The number of hydrogen-bond donors (Lipinski definition) is 1. The molecule has 0 aliphatic carbocycles. The zero-order valence-electron chi connectivity index (χ0n) is 19.9. The summed E-state index contributed by atoms with van der Waals surface area (Å²) in [6.07, 6.45) is 1.59. The summed E-state index contributed by atoms with van der Waals surface area (Å²) >= 11 is 0. The molecule has 0 atom stereocenters. The van der Waals surface area contributed by atoms with Crippen LogP contribution in [-0.2, 0) is 24.4 Å². The lowest BCUT2D eigenvalue weighted by Gasteiger charge is -2.14. The van der Waals surface area contributed by atoms with E-state index in [4.69, 9.17) is 0 Å². The molecule has 2 aromatic carbocycles. The SMILES string of the molecule is Cc1cccc(NC(=O)Cn2c(=O)c3c(ncn3CC(C)C)n(Cc3ccccc3)c2=O)c1C. The first-order valence-corrected chi connectivity index (χ1v) is 11.3. The fourth-order valence-corrected chi connectivity index (χ4v) is 4.04. The molecule has 4 aromatic rings. The molecular weight excluding hydrogens is 430 g/mol. The predicted molar refractivity (Wildman–Crippen MR) is 133 cm³/mol. The molecule has 0 aliphatic heterocycles. The van der Waals surface area contributed by atoms with E-state index in [9.17, 15) is 14.4 Å². The summed E-state index contributed by atoms with van der Waals surface area (Å²) < 4.78 is 4.24. The molecule has 0 saturated heterocycles. The molecule has 4 rings (SSSR count). The minimum absolute atomic E-state index is 0.244. The number of carbonyl (C=O) groups is 1. The van der Waals surface area contributed by atoms with Gasteiger partial charge in [0.25, 0.3) is 5.56 Å². The second-order valence-corrected chi connectivity index (χ2v) is 9.00. The van der Waals surface area contributed by atoms with E-state index in [0.717, 1.165) is 21.3 Å². The Morgan fingerprint density at radius 1 is 1.00 bits per heavy atom. The number of benzene rings is 2. The Morgan fingerprint density at radius 3 is 2.44 bits per heavy atom. The van der Waals surface area contributed by atoms with E-state index in [1.165, 1.54) is 4.57 Å². The zero-order chi connectivity index (χ0) is 24.4. The van der Waals surface area contributed by atoms with Crippen molar-refractivity contribution >= 4 is 22.8 Å². The maximum atomic E-state index is 13.4. The van der Waals surface area contributed by atoms with Crippen LogP contribution in [0.5, 0.6) is 0 Å². The summed E-state index contributed by atoms with van der Waals surface area (Å²) in [6, 6.07) is 15.1. The summed E-state index contributed by atoms with van der Waals surface area (Å²) in [7, 11) is 0. The van der Waals surface area contributed by atoms with Gasteiger partial charge in [0.05, 0.1) is 12.9 Å². The molecule has 0 bridgehead atoms. The Kier molecular flexibility index (Phi) is 6.49. The molecule has 0 unspecified atom stereocenters. The van der Waals surface area contributed by atoms with Crippen LogP contribution in [0.15, 0.2) is 64.4 Å². The summed E-state index contributed by atoms with van der Waals surface area (Å²) in [5.41, 5.74) is 3.11. The van der Waals surface area contributed by atoms with Crippen molar-refractivity contribution in [1.29, 1.82) is 0 Å². The van der Waals surface area contributed by atoms with Crippen molar-refractivity contribution in [3.8, 4) is 0 Å². The van der Waals surface area contributed by atoms with Gasteiger partial charge in [-0.15, -0.1) is 0 Å². The van der Waals surface area contributed by atoms with Gasteiger partial charge in [0, 0.05) is 12.2 Å². The number of hydrogen-bond acceptors (Lipinski definition) is 4. The number of aromatic nitrogens is 4. The molecule has 2 aromatic heterocycles. The Labute approximate surface area is 197 Å². The smallest absolute Gasteiger partial charge is 0.324 e. The lowest BCUT2D eigenvalue weighted by molar-refractivity contribution is -0.116. The van der Waals surface area contributed by atoms with Crippen molar-refractivity contribution in [2.24, 2.45) is 5.92 Å². The van der Waals surface area contributed by atoms with E-state index in [-0.39, 0.29) is 19.0 Å². The van der Waals surface area contributed by atoms with E-state index in [0.29, 0.717) is 23.4 Å². The standard InChI is InChI=1S/C26H29N5O3/c1-17(2)13-29-16-27-24-23(29)25(33)31(26(34)30(24)14-20-10-6-5-7-11-20)15-22(32)28-21-12-8-9-18(3)19(21)4/h5-12,16-17H,13-15H2,1-4H3,(H,28,32). The summed E-state index contributed by atoms with van der Waals surface area (Å²) in [5, 5.41) is 2.84. The van der Waals surface area contributed by atoms with E-state index in [2.05, 4.69) is 10.3 Å². The fraction of sp³-hybridized carbons (Fsp3) is 0.308. The monoisotopic (exact) mass is 459 g/mol. The van der Waals surface area contributed by atoms with Crippen LogP contribution in [-0.4, -0.2) is 24.6 Å². The van der Waals surface area contributed by atoms with Crippen LogP contribution in [0, 0.1) is 19.8 Å². The number of rotatable bonds is 7. The quantitative estimate of drug-likeness (QED) is 0.459. The Hall–Kier alpha value is -3.94. The van der Waals surface area contributed by atoms with E-state index >= 15 is 0 Å². The van der Waals surface area contributed by atoms with E-state index in [1.54, 1.807) is 17.0 Å². The zero-order valence-corrected chi connectivity index (χ0v) is 19.9. The lowest BCUT2D eigenvalue weighted by Crippen LogP contribution is -2.43. The predicted octanol–water partition coefficient (Wildman–Crippen LogP) is 3.32. The number of amides is 1. The van der Waals surface area contributed by atoms with Crippen molar-refractivity contribution in [1.82, 2.24) is 18.7 Å². The van der Waals surface area contributed by atoms with Crippen molar-refractivity contribution < 1.29 is 4.79 Å². The van der Waals surface area contributed by atoms with Crippen LogP contribution in [0.25, 0.3) is 11.2 Å². The van der Waals surface area contributed by atoms with Crippen LogP contribution in [0.4, 0.5) is 5.69 Å². The van der Waals surface area contributed by atoms with Gasteiger partial charge in [0.1, 0.15) is 6.54 Å². The van der Waals surface area contributed by atoms with Crippen molar-refractivity contribution in [2.45, 2.75) is 47.3 Å². The first kappa shape index (κ1) is 23.2. The van der Waals surface area contributed by atoms with Crippen LogP contribution in [0.2, 0.25) is 0 Å². The van der Waals surface area contributed by atoms with Gasteiger partial charge < -0.3 is 9.88 Å². The van der Waals surface area contributed by atoms with Crippen LogP contribution in [0.1, 0.15) is 30.5 Å². The first-order valence-electron chi connectivity index (χ1n) is 11.3. The number of carbonyl (C=O) groups excluding carboxylic acids is 1. The van der Waals surface area contributed by atoms with E-state index in [1.807, 2.05) is 70.2 Å². The molecular formula is C26H29N5O3. The highest BCUT2D eigenvalue weighted by Gasteiger charge is 2.20. The van der Waals surface area contributed by atoms with Gasteiger partial charge in [-0.25, -0.2) is 14.3 Å². The van der Waals surface area contributed by atoms with Gasteiger partial charge in [0.2, 0.25) is 5.91 Å². The van der Waals surface area contributed by atoms with Gasteiger partial charge >= 0.3 is 5.69 Å². The molecule has 8 heteroatoms. The Morgan fingerprint density at radius 2 is 1.74 bits per heavy atom. The Balaban J connectivity index is 1.80. The van der Waals surface area contributed by atoms with Crippen molar-refractivity contribution in [2.75, 3.05) is 5.32 Å². The molecule has 0 aliphatic rings.